The molecule has 1 unspecified atom stereocenters. The molecule has 0 saturated heterocycles. The number of carbonyl (C=O) groups excluding carboxylic acids is 1. The average molecular weight is 439 g/mol. The van der Waals surface area contributed by atoms with E-state index in [4.69, 9.17) is 4.74 Å². The number of ether oxygens (including phenoxy) is 1. The van der Waals surface area contributed by atoms with Gasteiger partial charge in [-0.05, 0) is 52.7 Å². The topological polar surface area (TPSA) is 42.4 Å². The molecule has 0 fully saturated rings. The van der Waals surface area contributed by atoms with Crippen LogP contribution in [0.3, 0.4) is 0 Å². The first-order valence-electron chi connectivity index (χ1n) is 8.42. The maximum atomic E-state index is 12.8. The molecule has 0 N–H and O–H groups in total. The zero-order valence-electron chi connectivity index (χ0n) is 16.3. The summed E-state index contributed by atoms with van der Waals surface area (Å²) < 4.78 is 6.94. The molecule has 0 aliphatic rings. The molecule has 1 aromatic rings. The van der Waals surface area contributed by atoms with Crippen LogP contribution in [0.4, 0.5) is 0 Å². The molecule has 0 saturated carbocycles. The van der Waals surface area contributed by atoms with Gasteiger partial charge in [0.15, 0.2) is 5.78 Å². The van der Waals surface area contributed by atoms with Crippen LogP contribution in [0.1, 0.15) is 32.8 Å². The molecular formula is C20H27BrN2O2S. The van der Waals surface area contributed by atoms with Crippen molar-refractivity contribution in [3.05, 3.63) is 56.9 Å². The molecule has 0 spiro atoms. The van der Waals surface area contributed by atoms with Gasteiger partial charge in [-0.1, -0.05) is 32.2 Å². The number of pyridine rings is 1. The predicted octanol–water partition coefficient (Wildman–Crippen LogP) is 5.70. The van der Waals surface area contributed by atoms with Crippen LogP contribution in [0.5, 0.6) is 5.75 Å². The Balaban J connectivity index is 3.40. The number of rotatable bonds is 9. The Labute approximate surface area is 169 Å². The lowest BCUT2D eigenvalue weighted by molar-refractivity contribution is -0.110. The van der Waals surface area contributed by atoms with E-state index < -0.39 is 0 Å². The minimum Gasteiger partial charge on any atom is -0.458 e. The highest BCUT2D eigenvalue weighted by Crippen LogP contribution is 2.34. The summed E-state index contributed by atoms with van der Waals surface area (Å²) in [6.07, 6.45) is 5.80. The fourth-order valence-electron chi connectivity index (χ4n) is 1.96. The van der Waals surface area contributed by atoms with Gasteiger partial charge >= 0.3 is 0 Å². The third-order valence-electron chi connectivity index (χ3n) is 3.52. The predicted molar refractivity (Wildman–Crippen MR) is 114 cm³/mol. The smallest absolute Gasteiger partial charge is 0.197 e. The van der Waals surface area contributed by atoms with Crippen LogP contribution in [-0.2, 0) is 4.79 Å². The molecule has 142 valence electrons. The number of ketones is 1. The monoisotopic (exact) mass is 438 g/mol. The molecular weight excluding hydrogens is 412 g/mol. The van der Waals surface area contributed by atoms with Crippen LogP contribution < -0.4 is 4.74 Å². The van der Waals surface area contributed by atoms with E-state index in [9.17, 15) is 4.79 Å². The number of carbonyl (C=O) groups is 1. The van der Waals surface area contributed by atoms with Crippen molar-refractivity contribution in [3.8, 4) is 5.75 Å². The molecule has 1 atom stereocenters. The van der Waals surface area contributed by atoms with E-state index in [1.807, 2.05) is 38.9 Å². The van der Waals surface area contributed by atoms with Gasteiger partial charge in [-0.15, -0.1) is 0 Å². The number of allylic oxidation sites excluding steroid dienone is 4. The van der Waals surface area contributed by atoms with E-state index in [0.29, 0.717) is 16.4 Å². The fourth-order valence-corrected chi connectivity index (χ4v) is 3.04. The third-order valence-corrected chi connectivity index (χ3v) is 5.31. The lowest BCUT2D eigenvalue weighted by atomic mass is 10.1. The van der Waals surface area contributed by atoms with Gasteiger partial charge in [-0.3, -0.25) is 4.79 Å². The largest absolute Gasteiger partial charge is 0.458 e. The number of thioether (sulfide) groups is 1. The minimum absolute atomic E-state index is 0.0810. The molecule has 6 heteroatoms. The zero-order valence-corrected chi connectivity index (χ0v) is 18.7. The van der Waals surface area contributed by atoms with Gasteiger partial charge in [-0.25, -0.2) is 4.98 Å². The summed E-state index contributed by atoms with van der Waals surface area (Å²) in [7, 11) is 3.75. The summed E-state index contributed by atoms with van der Waals surface area (Å²) in [6, 6.07) is 1.91. The summed E-state index contributed by atoms with van der Waals surface area (Å²) in [5, 5.41) is 0. The van der Waals surface area contributed by atoms with Crippen molar-refractivity contribution < 1.29 is 9.53 Å². The van der Waals surface area contributed by atoms with Crippen molar-refractivity contribution in [2.24, 2.45) is 5.92 Å². The van der Waals surface area contributed by atoms with Crippen LogP contribution in [0.2, 0.25) is 0 Å². The molecule has 4 nitrogen and oxygen atoms in total. The molecule has 0 aromatic carbocycles. The van der Waals surface area contributed by atoms with Crippen LogP contribution in [0.15, 0.2) is 51.3 Å². The Morgan fingerprint density at radius 3 is 2.65 bits per heavy atom. The van der Waals surface area contributed by atoms with Crippen LogP contribution in [0.25, 0.3) is 0 Å². The van der Waals surface area contributed by atoms with Gasteiger partial charge in [-0.2, -0.15) is 0 Å². The van der Waals surface area contributed by atoms with Crippen LogP contribution >= 0.6 is 27.7 Å². The van der Waals surface area contributed by atoms with Gasteiger partial charge in [0.25, 0.3) is 0 Å². The highest BCUT2D eigenvalue weighted by molar-refractivity contribution is 9.10. The Kier molecular flexibility index (Phi) is 9.16. The van der Waals surface area contributed by atoms with Crippen molar-refractivity contribution in [2.75, 3.05) is 14.1 Å². The summed E-state index contributed by atoms with van der Waals surface area (Å²) >= 11 is 4.74. The van der Waals surface area contributed by atoms with E-state index in [-0.39, 0.29) is 11.7 Å². The molecule has 1 heterocycles. The van der Waals surface area contributed by atoms with Gasteiger partial charge in [0.1, 0.15) is 16.1 Å². The molecule has 0 amide bonds. The SMILES string of the molecule is C=C(C)S/C(C(=O)/C=C/N(C)C)=C(/Oc1cnc(Br)c(C)c1)C(C)CC. The second kappa shape index (κ2) is 10.6. The van der Waals surface area contributed by atoms with Crippen molar-refractivity contribution >= 4 is 33.5 Å². The zero-order chi connectivity index (χ0) is 19.9. The molecule has 0 bridgehead atoms. The third kappa shape index (κ3) is 7.00. The lowest BCUT2D eigenvalue weighted by Crippen LogP contribution is -2.13. The van der Waals surface area contributed by atoms with Crippen molar-refractivity contribution in [1.82, 2.24) is 9.88 Å². The lowest BCUT2D eigenvalue weighted by Gasteiger charge is -2.20. The standard InChI is InChI=1S/C20H27BrN2O2S/c1-8-14(4)18(25-16-11-15(5)20(21)22-12-16)19(26-13(2)3)17(24)9-10-23(6)7/h9-12,14H,2,8H2,1,3-7H3/b10-9+,19-18+. The Morgan fingerprint density at radius 2 is 2.15 bits per heavy atom. The highest BCUT2D eigenvalue weighted by Gasteiger charge is 2.22. The molecule has 26 heavy (non-hydrogen) atoms. The van der Waals surface area contributed by atoms with Crippen molar-refractivity contribution in [3.63, 3.8) is 0 Å². The molecule has 0 aliphatic heterocycles. The Bertz CT molecular complexity index is 727. The van der Waals surface area contributed by atoms with E-state index in [2.05, 4.69) is 41.3 Å². The number of nitrogens with zero attached hydrogens (tertiary/aromatic N) is 2. The summed E-state index contributed by atoms with van der Waals surface area (Å²) in [4.78, 5) is 20.3. The molecule has 1 aromatic heterocycles. The van der Waals surface area contributed by atoms with Crippen molar-refractivity contribution in [1.29, 1.82) is 0 Å². The first kappa shape index (κ1) is 22.5. The van der Waals surface area contributed by atoms with E-state index in [1.165, 1.54) is 11.8 Å². The highest BCUT2D eigenvalue weighted by atomic mass is 79.9. The van der Waals surface area contributed by atoms with Gasteiger partial charge in [0, 0.05) is 32.3 Å². The maximum absolute atomic E-state index is 12.8. The number of aromatic nitrogens is 1. The van der Waals surface area contributed by atoms with Gasteiger partial charge in [0.05, 0.1) is 11.1 Å². The van der Waals surface area contributed by atoms with E-state index >= 15 is 0 Å². The second-order valence-electron chi connectivity index (χ2n) is 6.33. The molecule has 0 radical (unpaired) electrons. The first-order chi connectivity index (χ1) is 12.1. The molecule has 1 rings (SSSR count). The number of halogens is 1. The number of hydrogen-bond donors (Lipinski definition) is 0. The summed E-state index contributed by atoms with van der Waals surface area (Å²) in [6.45, 7) is 11.9. The first-order valence-corrected chi connectivity index (χ1v) is 10.0. The minimum atomic E-state index is -0.0937. The number of aryl methyl sites for hydroxylation is 1. The van der Waals surface area contributed by atoms with Crippen LogP contribution in [0, 0.1) is 12.8 Å². The van der Waals surface area contributed by atoms with Gasteiger partial charge in [0.2, 0.25) is 0 Å². The van der Waals surface area contributed by atoms with E-state index in [1.54, 1.807) is 18.5 Å². The fraction of sp³-hybridized carbons (Fsp3) is 0.400. The summed E-state index contributed by atoms with van der Waals surface area (Å²) in [5.74, 6) is 1.25. The Hall–Kier alpha value is -1.53. The summed E-state index contributed by atoms with van der Waals surface area (Å²) in [5.41, 5.74) is 0.971. The van der Waals surface area contributed by atoms with Crippen molar-refractivity contribution in [2.45, 2.75) is 34.1 Å². The number of hydrogen-bond acceptors (Lipinski definition) is 5. The van der Waals surface area contributed by atoms with Crippen LogP contribution in [-0.4, -0.2) is 29.8 Å². The quantitative estimate of drug-likeness (QED) is 0.281. The van der Waals surface area contributed by atoms with Gasteiger partial charge < -0.3 is 9.64 Å². The maximum Gasteiger partial charge on any atom is 0.197 e. The van der Waals surface area contributed by atoms with E-state index in [0.717, 1.165) is 21.5 Å². The Morgan fingerprint density at radius 1 is 1.50 bits per heavy atom. The second-order valence-corrected chi connectivity index (χ2v) is 8.39. The average Bonchev–Trinajstić information content (AvgIpc) is 2.57. The molecule has 0 aliphatic carbocycles. The normalized spacial score (nSPS) is 13.3.